The Morgan fingerprint density at radius 1 is 0.828 bits per heavy atom. The fourth-order valence-electron chi connectivity index (χ4n) is 2.95. The van der Waals surface area contributed by atoms with E-state index in [0.717, 1.165) is 16.7 Å². The van der Waals surface area contributed by atoms with Gasteiger partial charge in [-0.15, -0.1) is 0 Å². The summed E-state index contributed by atoms with van der Waals surface area (Å²) in [7, 11) is -2.77. The molecule has 0 aliphatic heterocycles. The zero-order valence-electron chi connectivity index (χ0n) is 16.4. The topological polar surface area (TPSA) is 58.6 Å². The summed E-state index contributed by atoms with van der Waals surface area (Å²) in [4.78, 5) is 24.6. The van der Waals surface area contributed by atoms with Gasteiger partial charge in [-0.2, -0.15) is 0 Å². The largest absolute Gasteiger partial charge is 1.00 e. The van der Waals surface area contributed by atoms with Crippen LogP contribution in [0.25, 0.3) is 0 Å². The van der Waals surface area contributed by atoms with E-state index in [-0.39, 0.29) is 35.1 Å². The van der Waals surface area contributed by atoms with Gasteiger partial charge in [0.2, 0.25) is 0 Å². The first-order valence-electron chi connectivity index (χ1n) is 8.75. The maximum absolute atomic E-state index is 12.7. The minimum Gasteiger partial charge on any atom is -0.775 e. The molecule has 0 saturated carbocycles. The number of hydrogen-bond donors (Lipinski definition) is 0. The second-order valence-corrected chi connectivity index (χ2v) is 7.07. The van der Waals surface area contributed by atoms with Gasteiger partial charge in [-0.3, -0.25) is 0 Å². The molecule has 0 N–H and O–H groups in total. The molecule has 0 aliphatic rings. The van der Waals surface area contributed by atoms with Crippen molar-refractivity contribution in [3.05, 3.63) is 120 Å². The van der Waals surface area contributed by atoms with E-state index in [4.69, 9.17) is 9.05 Å². The monoisotopic (exact) mass is 414 g/mol. The third-order valence-electron chi connectivity index (χ3n) is 4.26. The zero-order valence-corrected chi connectivity index (χ0v) is 19.3. The Labute approximate surface area is 194 Å². The number of hydrogen-bond acceptors (Lipinski definition) is 4. The van der Waals surface area contributed by atoms with Crippen molar-refractivity contribution in [3.63, 3.8) is 0 Å². The molecule has 1 unspecified atom stereocenters. The standard InChI is InChI=1S/C23H20O4P.Na/c1-18(2)22(24)26-28(25)27-23(19-12-6-3-7-13-19,20-14-8-4-9-15-20)21-16-10-5-11-17-21;/h3-17H,1H2,2H3;/q-1;+1. The van der Waals surface area contributed by atoms with Gasteiger partial charge in [-0.1, -0.05) is 97.6 Å². The fourth-order valence-corrected chi connectivity index (χ4v) is 3.82. The SMILES string of the molecule is C=C(C)C(=O)OP([O-])OC(c1ccccc1)(c1ccccc1)c1ccccc1.[Na+]. The molecule has 0 heterocycles. The normalized spacial score (nSPS) is 11.8. The van der Waals surface area contributed by atoms with Crippen molar-refractivity contribution in [2.24, 2.45) is 0 Å². The summed E-state index contributed by atoms with van der Waals surface area (Å²) in [5.74, 6) is -0.760. The third kappa shape index (κ3) is 5.43. The molecule has 6 heteroatoms. The van der Waals surface area contributed by atoms with Crippen molar-refractivity contribution in [1.82, 2.24) is 0 Å². The average molecular weight is 414 g/mol. The second kappa shape index (κ2) is 10.8. The van der Waals surface area contributed by atoms with Crippen LogP contribution in [-0.4, -0.2) is 5.97 Å². The molecule has 0 bridgehead atoms. The van der Waals surface area contributed by atoms with E-state index in [0.29, 0.717) is 0 Å². The molecule has 0 aliphatic carbocycles. The Morgan fingerprint density at radius 3 is 1.48 bits per heavy atom. The number of carbonyl (C=O) groups is 1. The molecular weight excluding hydrogens is 394 g/mol. The maximum atomic E-state index is 12.7. The summed E-state index contributed by atoms with van der Waals surface area (Å²) in [5, 5.41) is 0. The Hall–Kier alpha value is -1.78. The van der Waals surface area contributed by atoms with Crippen molar-refractivity contribution in [3.8, 4) is 0 Å². The Balaban J connectivity index is 0.00000300. The van der Waals surface area contributed by atoms with Gasteiger partial charge in [0.05, 0.1) is 0 Å². The molecule has 0 saturated heterocycles. The molecule has 0 amide bonds. The van der Waals surface area contributed by atoms with Crippen LogP contribution in [0.1, 0.15) is 23.6 Å². The molecule has 0 radical (unpaired) electrons. The van der Waals surface area contributed by atoms with Crippen LogP contribution in [-0.2, 0) is 19.4 Å². The molecule has 0 fully saturated rings. The van der Waals surface area contributed by atoms with Gasteiger partial charge in [0, 0.05) is 5.57 Å². The van der Waals surface area contributed by atoms with E-state index in [1.54, 1.807) is 0 Å². The Kier molecular flexibility index (Phi) is 8.79. The first-order chi connectivity index (χ1) is 13.5. The first-order valence-corrected chi connectivity index (χ1v) is 9.84. The smallest absolute Gasteiger partial charge is 0.775 e. The third-order valence-corrected chi connectivity index (χ3v) is 5.00. The van der Waals surface area contributed by atoms with Crippen LogP contribution in [0.2, 0.25) is 0 Å². The maximum Gasteiger partial charge on any atom is 1.00 e. The van der Waals surface area contributed by atoms with E-state index in [2.05, 4.69) is 6.58 Å². The van der Waals surface area contributed by atoms with Crippen molar-refractivity contribution in [2.75, 3.05) is 0 Å². The summed E-state index contributed by atoms with van der Waals surface area (Å²) >= 11 is 0. The van der Waals surface area contributed by atoms with Crippen LogP contribution < -0.4 is 34.5 Å². The number of rotatable bonds is 7. The number of carbonyl (C=O) groups excluding carboxylic acids is 1. The van der Waals surface area contributed by atoms with Crippen LogP contribution >= 0.6 is 8.60 Å². The molecule has 142 valence electrons. The second-order valence-electron chi connectivity index (χ2n) is 6.25. The molecule has 0 aromatic heterocycles. The van der Waals surface area contributed by atoms with Gasteiger partial charge in [-0.25, -0.2) is 4.79 Å². The predicted octanol–water partition coefficient (Wildman–Crippen LogP) is 1.71. The average Bonchev–Trinajstić information content (AvgIpc) is 2.74. The van der Waals surface area contributed by atoms with Gasteiger partial charge in [0.1, 0.15) is 5.60 Å². The van der Waals surface area contributed by atoms with Crippen LogP contribution in [0, 0.1) is 0 Å². The molecule has 4 nitrogen and oxygen atoms in total. The summed E-state index contributed by atoms with van der Waals surface area (Å²) in [6.07, 6.45) is 0. The Morgan fingerprint density at radius 2 is 1.17 bits per heavy atom. The van der Waals surface area contributed by atoms with Crippen molar-refractivity contribution >= 4 is 14.6 Å². The summed E-state index contributed by atoms with van der Waals surface area (Å²) < 4.78 is 11.0. The van der Waals surface area contributed by atoms with E-state index >= 15 is 0 Å². The fraction of sp³-hybridized carbons (Fsp3) is 0.0870. The molecule has 3 aromatic rings. The van der Waals surface area contributed by atoms with Crippen LogP contribution in [0.5, 0.6) is 0 Å². The van der Waals surface area contributed by atoms with Gasteiger partial charge in [0.15, 0.2) is 8.60 Å². The van der Waals surface area contributed by atoms with E-state index in [1.165, 1.54) is 6.92 Å². The minimum atomic E-state index is -2.77. The molecule has 29 heavy (non-hydrogen) atoms. The van der Waals surface area contributed by atoms with Crippen LogP contribution in [0.3, 0.4) is 0 Å². The quantitative estimate of drug-likeness (QED) is 0.256. The van der Waals surface area contributed by atoms with Crippen molar-refractivity contribution < 1.29 is 48.3 Å². The van der Waals surface area contributed by atoms with Crippen molar-refractivity contribution in [1.29, 1.82) is 0 Å². The molecule has 3 aromatic carbocycles. The van der Waals surface area contributed by atoms with Gasteiger partial charge in [-0.05, 0) is 23.6 Å². The summed E-state index contributed by atoms with van der Waals surface area (Å²) in [5.41, 5.74) is 1.23. The van der Waals surface area contributed by atoms with Gasteiger partial charge < -0.3 is 13.9 Å². The van der Waals surface area contributed by atoms with E-state index in [9.17, 15) is 9.69 Å². The summed E-state index contributed by atoms with van der Waals surface area (Å²) in [6, 6.07) is 28.3. The zero-order chi connectivity index (χ0) is 20.0. The Bertz CT molecular complexity index is 836. The molecule has 0 spiro atoms. The van der Waals surface area contributed by atoms with Crippen molar-refractivity contribution in [2.45, 2.75) is 12.5 Å². The first kappa shape index (κ1) is 23.5. The number of benzene rings is 3. The van der Waals surface area contributed by atoms with Gasteiger partial charge in [0.25, 0.3) is 0 Å². The van der Waals surface area contributed by atoms with E-state index < -0.39 is 20.2 Å². The molecular formula is C23H20NaO4P. The van der Waals surface area contributed by atoms with E-state index in [1.807, 2.05) is 91.0 Å². The van der Waals surface area contributed by atoms with Gasteiger partial charge >= 0.3 is 35.5 Å². The predicted molar refractivity (Wildman–Crippen MR) is 108 cm³/mol. The van der Waals surface area contributed by atoms with Crippen LogP contribution in [0.15, 0.2) is 103 Å². The van der Waals surface area contributed by atoms with Crippen LogP contribution in [0.4, 0.5) is 0 Å². The molecule has 3 rings (SSSR count). The molecule has 1 atom stereocenters. The minimum absolute atomic E-state index is 0. The summed E-state index contributed by atoms with van der Waals surface area (Å²) in [6.45, 7) is 5.01.